The average Bonchev–Trinajstić information content (AvgIpc) is 2.75. The van der Waals surface area contributed by atoms with Gasteiger partial charge in [-0.1, -0.05) is 0 Å². The highest BCUT2D eigenvalue weighted by molar-refractivity contribution is 9.10. The molecule has 3 nitrogen and oxygen atoms in total. The minimum absolute atomic E-state index is 0.101. The van der Waals surface area contributed by atoms with E-state index in [1.807, 2.05) is 26.0 Å². The molecule has 0 atom stereocenters. The summed E-state index contributed by atoms with van der Waals surface area (Å²) in [5.74, 6) is -0.283. The summed E-state index contributed by atoms with van der Waals surface area (Å²) in [5.41, 5.74) is 1.56. The molecule has 0 amide bonds. The predicted molar refractivity (Wildman–Crippen MR) is 91.1 cm³/mol. The molecule has 0 aliphatic heterocycles. The summed E-state index contributed by atoms with van der Waals surface area (Å²) in [5, 5.41) is 3.35. The topological polar surface area (TPSA) is 38.3 Å². The number of halogens is 1. The quantitative estimate of drug-likeness (QED) is 0.755. The molecule has 2 rings (SSSR count). The van der Waals surface area contributed by atoms with Crippen LogP contribution < -0.4 is 5.32 Å². The zero-order valence-corrected chi connectivity index (χ0v) is 14.7. The Bertz CT molecular complexity index is 600. The van der Waals surface area contributed by atoms with Crippen LogP contribution in [0.3, 0.4) is 0 Å². The fourth-order valence-electron chi connectivity index (χ4n) is 1.80. The second-order valence-corrected chi connectivity index (χ2v) is 7.20. The number of aryl methyl sites for hydroxylation is 1. The Morgan fingerprint density at radius 1 is 1.33 bits per heavy atom. The van der Waals surface area contributed by atoms with E-state index in [2.05, 4.69) is 34.2 Å². The fourth-order valence-corrected chi connectivity index (χ4v) is 3.34. The first kappa shape index (κ1) is 16.0. The molecule has 1 aromatic heterocycles. The van der Waals surface area contributed by atoms with E-state index in [0.29, 0.717) is 5.56 Å². The van der Waals surface area contributed by atoms with Crippen LogP contribution in [0.4, 0.5) is 5.69 Å². The number of thiophene rings is 1. The molecule has 112 valence electrons. The number of carbonyl (C=O) groups excluding carboxylic acids is 1. The summed E-state index contributed by atoms with van der Waals surface area (Å²) >= 11 is 5.28. The van der Waals surface area contributed by atoms with Gasteiger partial charge >= 0.3 is 5.97 Å². The summed E-state index contributed by atoms with van der Waals surface area (Å²) in [6.45, 7) is 6.55. The maximum Gasteiger partial charge on any atom is 0.338 e. The molecule has 5 heteroatoms. The van der Waals surface area contributed by atoms with Crippen molar-refractivity contribution in [3.63, 3.8) is 0 Å². The van der Waals surface area contributed by atoms with E-state index in [1.54, 1.807) is 23.5 Å². The molecule has 0 saturated heterocycles. The van der Waals surface area contributed by atoms with Gasteiger partial charge in [-0.25, -0.2) is 4.79 Å². The Morgan fingerprint density at radius 2 is 2.00 bits per heavy atom. The van der Waals surface area contributed by atoms with Crippen LogP contribution >= 0.6 is 27.3 Å². The molecule has 0 fully saturated rings. The van der Waals surface area contributed by atoms with Crippen molar-refractivity contribution in [2.24, 2.45) is 0 Å². The van der Waals surface area contributed by atoms with E-state index in [1.165, 1.54) is 9.75 Å². The van der Waals surface area contributed by atoms with Crippen LogP contribution in [0.2, 0.25) is 0 Å². The van der Waals surface area contributed by atoms with Crippen molar-refractivity contribution in [1.82, 2.24) is 0 Å². The highest BCUT2D eigenvalue weighted by atomic mass is 79.9. The van der Waals surface area contributed by atoms with Gasteiger partial charge in [-0.05, 0) is 67.0 Å². The number of carbonyl (C=O) groups is 1. The third kappa shape index (κ3) is 4.58. The summed E-state index contributed by atoms with van der Waals surface area (Å²) in [7, 11) is 0. The van der Waals surface area contributed by atoms with Crippen molar-refractivity contribution < 1.29 is 9.53 Å². The minimum atomic E-state index is -0.283. The summed E-state index contributed by atoms with van der Waals surface area (Å²) in [6, 6.07) is 9.48. The molecule has 0 radical (unpaired) electrons. The van der Waals surface area contributed by atoms with Crippen molar-refractivity contribution in [1.29, 1.82) is 0 Å². The van der Waals surface area contributed by atoms with Gasteiger partial charge in [-0.15, -0.1) is 11.3 Å². The lowest BCUT2D eigenvalue weighted by Crippen LogP contribution is -2.11. The number of hydrogen-bond acceptors (Lipinski definition) is 4. The van der Waals surface area contributed by atoms with E-state index in [4.69, 9.17) is 4.74 Å². The maximum atomic E-state index is 11.7. The lowest BCUT2D eigenvalue weighted by molar-refractivity contribution is 0.0378. The van der Waals surface area contributed by atoms with Crippen molar-refractivity contribution >= 4 is 38.9 Å². The van der Waals surface area contributed by atoms with Gasteiger partial charge in [0.05, 0.1) is 11.7 Å². The van der Waals surface area contributed by atoms with Crippen LogP contribution in [0.1, 0.15) is 34.0 Å². The Hall–Kier alpha value is -1.33. The zero-order chi connectivity index (χ0) is 15.4. The van der Waals surface area contributed by atoms with Crippen molar-refractivity contribution in [3.8, 4) is 0 Å². The molecule has 0 aliphatic carbocycles. The molecular weight excluding hydrogens is 350 g/mol. The zero-order valence-electron chi connectivity index (χ0n) is 12.3. The standard InChI is InChI=1S/C16H18BrNO2S/c1-10(2)20-16(19)12-4-6-13(7-5-12)18-9-14-8-15(17)11(3)21-14/h4-8,10,18H,9H2,1-3H3. The second-order valence-electron chi connectivity index (χ2n) is 5.00. The molecule has 0 unspecified atom stereocenters. The van der Waals surface area contributed by atoms with E-state index in [0.717, 1.165) is 16.7 Å². The summed E-state index contributed by atoms with van der Waals surface area (Å²) in [4.78, 5) is 14.3. The van der Waals surface area contributed by atoms with Gasteiger partial charge in [0.2, 0.25) is 0 Å². The molecule has 0 bridgehead atoms. The van der Waals surface area contributed by atoms with Crippen molar-refractivity contribution in [2.45, 2.75) is 33.4 Å². The van der Waals surface area contributed by atoms with Gasteiger partial charge < -0.3 is 10.1 Å². The highest BCUT2D eigenvalue weighted by Gasteiger charge is 2.08. The largest absolute Gasteiger partial charge is 0.459 e. The molecule has 1 heterocycles. The highest BCUT2D eigenvalue weighted by Crippen LogP contribution is 2.26. The van der Waals surface area contributed by atoms with Crippen LogP contribution in [0.5, 0.6) is 0 Å². The third-order valence-corrected chi connectivity index (χ3v) is 4.97. The first-order valence-corrected chi connectivity index (χ1v) is 8.36. The first-order chi connectivity index (χ1) is 9.95. The van der Waals surface area contributed by atoms with E-state index >= 15 is 0 Å². The Morgan fingerprint density at radius 3 is 2.52 bits per heavy atom. The second kappa shape index (κ2) is 7.09. The lowest BCUT2D eigenvalue weighted by Gasteiger charge is -2.09. The van der Waals surface area contributed by atoms with Gasteiger partial charge in [0.1, 0.15) is 0 Å². The number of anilines is 1. The summed E-state index contributed by atoms with van der Waals surface area (Å²) < 4.78 is 6.31. The Labute approximate surface area is 137 Å². The van der Waals surface area contributed by atoms with Crippen LogP contribution in [0.25, 0.3) is 0 Å². The predicted octanol–water partition coefficient (Wildman–Crippen LogP) is 5.00. The number of hydrogen-bond donors (Lipinski definition) is 1. The normalized spacial score (nSPS) is 10.7. The third-order valence-electron chi connectivity index (χ3n) is 2.84. The van der Waals surface area contributed by atoms with Gasteiger partial charge in [0.15, 0.2) is 0 Å². The van der Waals surface area contributed by atoms with Crippen LogP contribution in [-0.4, -0.2) is 12.1 Å². The molecule has 2 aromatic rings. The van der Waals surface area contributed by atoms with Crippen molar-refractivity contribution in [2.75, 3.05) is 5.32 Å². The molecule has 0 spiro atoms. The first-order valence-electron chi connectivity index (χ1n) is 6.75. The number of ether oxygens (including phenoxy) is 1. The van der Waals surface area contributed by atoms with Gasteiger partial charge in [-0.3, -0.25) is 0 Å². The molecular formula is C16H18BrNO2S. The Balaban J connectivity index is 1.94. The van der Waals surface area contributed by atoms with Gasteiger partial charge in [0.25, 0.3) is 0 Å². The maximum absolute atomic E-state index is 11.7. The van der Waals surface area contributed by atoms with Crippen LogP contribution in [0.15, 0.2) is 34.8 Å². The summed E-state index contributed by atoms with van der Waals surface area (Å²) in [6.07, 6.45) is -0.101. The fraction of sp³-hybridized carbons (Fsp3) is 0.312. The van der Waals surface area contributed by atoms with E-state index in [-0.39, 0.29) is 12.1 Å². The molecule has 0 saturated carbocycles. The van der Waals surface area contributed by atoms with Crippen molar-refractivity contribution in [3.05, 3.63) is 50.1 Å². The van der Waals surface area contributed by atoms with E-state index < -0.39 is 0 Å². The van der Waals surface area contributed by atoms with Gasteiger partial charge in [0, 0.05) is 26.5 Å². The number of benzene rings is 1. The minimum Gasteiger partial charge on any atom is -0.459 e. The van der Waals surface area contributed by atoms with Crippen LogP contribution in [0, 0.1) is 6.92 Å². The van der Waals surface area contributed by atoms with E-state index in [9.17, 15) is 4.79 Å². The SMILES string of the molecule is Cc1sc(CNc2ccc(C(=O)OC(C)C)cc2)cc1Br. The lowest BCUT2D eigenvalue weighted by atomic mass is 10.2. The average molecular weight is 368 g/mol. The monoisotopic (exact) mass is 367 g/mol. The number of nitrogens with one attached hydrogen (secondary N) is 1. The molecule has 21 heavy (non-hydrogen) atoms. The number of rotatable bonds is 5. The molecule has 0 aliphatic rings. The molecule has 1 aromatic carbocycles. The molecule has 1 N–H and O–H groups in total. The Kier molecular flexibility index (Phi) is 5.42. The van der Waals surface area contributed by atoms with Crippen LogP contribution in [-0.2, 0) is 11.3 Å². The smallest absolute Gasteiger partial charge is 0.338 e. The number of esters is 1. The van der Waals surface area contributed by atoms with Gasteiger partial charge in [-0.2, -0.15) is 0 Å².